The van der Waals surface area contributed by atoms with Crippen molar-refractivity contribution < 1.29 is 9.90 Å². The van der Waals surface area contributed by atoms with Crippen molar-refractivity contribution in [3.63, 3.8) is 0 Å². The van der Waals surface area contributed by atoms with Crippen molar-refractivity contribution in [1.29, 1.82) is 0 Å². The smallest absolute Gasteiger partial charge is 0.253 e. The Bertz CT molecular complexity index is 732. The molecule has 23 heavy (non-hydrogen) atoms. The van der Waals surface area contributed by atoms with Crippen molar-refractivity contribution in [2.45, 2.75) is 26.1 Å². The zero-order valence-corrected chi connectivity index (χ0v) is 13.1. The lowest BCUT2D eigenvalue weighted by Gasteiger charge is -2.32. The third-order valence-corrected chi connectivity index (χ3v) is 3.89. The summed E-state index contributed by atoms with van der Waals surface area (Å²) in [7, 11) is 0. The van der Waals surface area contributed by atoms with E-state index in [2.05, 4.69) is 10.3 Å². The van der Waals surface area contributed by atoms with Crippen molar-refractivity contribution >= 4 is 11.7 Å². The number of amides is 1. The Kier molecular flexibility index (Phi) is 4.12. The van der Waals surface area contributed by atoms with Crippen LogP contribution in [0.1, 0.15) is 25.5 Å². The molecule has 5 heteroatoms. The predicted octanol–water partition coefficient (Wildman–Crippen LogP) is 2.25. The number of rotatable bonds is 3. The summed E-state index contributed by atoms with van der Waals surface area (Å²) < 4.78 is 0. The van der Waals surface area contributed by atoms with Crippen LogP contribution < -0.4 is 5.32 Å². The summed E-state index contributed by atoms with van der Waals surface area (Å²) in [6.07, 6.45) is 5.91. The molecule has 2 unspecified atom stereocenters. The minimum Gasteiger partial charge on any atom is -0.369 e. The lowest BCUT2D eigenvalue weighted by molar-refractivity contribution is -0.119. The molecular formula is C18H19N3O2. The van der Waals surface area contributed by atoms with E-state index in [-0.39, 0.29) is 17.5 Å². The van der Waals surface area contributed by atoms with Crippen LogP contribution >= 0.6 is 0 Å². The van der Waals surface area contributed by atoms with Crippen LogP contribution in [-0.2, 0) is 4.79 Å². The van der Waals surface area contributed by atoms with Gasteiger partial charge in [0.25, 0.3) is 5.91 Å². The highest BCUT2D eigenvalue weighted by Crippen LogP contribution is 2.22. The van der Waals surface area contributed by atoms with Crippen molar-refractivity contribution in [3.05, 3.63) is 71.6 Å². The molecule has 1 amide bonds. The lowest BCUT2D eigenvalue weighted by Crippen LogP contribution is -2.44. The van der Waals surface area contributed by atoms with E-state index in [0.29, 0.717) is 5.84 Å². The van der Waals surface area contributed by atoms with Crippen LogP contribution in [-0.4, -0.2) is 28.0 Å². The third-order valence-electron chi connectivity index (χ3n) is 3.89. The van der Waals surface area contributed by atoms with Gasteiger partial charge < -0.3 is 15.3 Å². The second kappa shape index (κ2) is 6.22. The SMILES string of the molecule is CC1=CN2C(=NC=C(C(=O)NC(C)c3ccccc3)C2O)C=C1. The number of allylic oxidation sites excluding steroid dienone is 2. The highest BCUT2D eigenvalue weighted by atomic mass is 16.3. The number of benzene rings is 1. The van der Waals surface area contributed by atoms with Crippen LogP contribution in [0.15, 0.2) is 71.0 Å². The molecule has 118 valence electrons. The van der Waals surface area contributed by atoms with Crippen molar-refractivity contribution in [3.8, 4) is 0 Å². The quantitative estimate of drug-likeness (QED) is 0.900. The van der Waals surface area contributed by atoms with Crippen LogP contribution in [0.3, 0.4) is 0 Å². The predicted molar refractivity (Wildman–Crippen MR) is 89.3 cm³/mol. The number of carbonyl (C=O) groups is 1. The molecule has 0 bridgehead atoms. The summed E-state index contributed by atoms with van der Waals surface area (Å²) in [5, 5.41) is 13.4. The minimum atomic E-state index is -1.04. The van der Waals surface area contributed by atoms with Gasteiger partial charge in [-0.25, -0.2) is 4.99 Å². The van der Waals surface area contributed by atoms with Gasteiger partial charge in [-0.05, 0) is 31.1 Å². The molecule has 0 aromatic heterocycles. The Morgan fingerprint density at radius 2 is 2.04 bits per heavy atom. The average Bonchev–Trinajstić information content (AvgIpc) is 2.56. The molecule has 1 aromatic rings. The molecule has 2 aliphatic heterocycles. The highest BCUT2D eigenvalue weighted by Gasteiger charge is 2.30. The van der Waals surface area contributed by atoms with Crippen LogP contribution in [0.4, 0.5) is 0 Å². The molecule has 2 atom stereocenters. The molecular weight excluding hydrogens is 290 g/mol. The first-order valence-electron chi connectivity index (χ1n) is 7.53. The monoisotopic (exact) mass is 309 g/mol. The van der Waals surface area contributed by atoms with Gasteiger partial charge in [0.2, 0.25) is 0 Å². The van der Waals surface area contributed by atoms with E-state index in [0.717, 1.165) is 11.1 Å². The second-order valence-electron chi connectivity index (χ2n) is 5.66. The molecule has 2 aliphatic rings. The Balaban J connectivity index is 1.77. The summed E-state index contributed by atoms with van der Waals surface area (Å²) in [6, 6.07) is 9.54. The largest absolute Gasteiger partial charge is 0.369 e. The van der Waals surface area contributed by atoms with E-state index in [9.17, 15) is 9.90 Å². The first-order valence-corrected chi connectivity index (χ1v) is 7.53. The van der Waals surface area contributed by atoms with E-state index < -0.39 is 6.23 Å². The molecule has 2 heterocycles. The zero-order chi connectivity index (χ0) is 16.4. The number of hydrogen-bond acceptors (Lipinski definition) is 4. The first-order chi connectivity index (χ1) is 11.1. The van der Waals surface area contributed by atoms with Gasteiger partial charge in [-0.1, -0.05) is 36.4 Å². The fourth-order valence-corrected chi connectivity index (χ4v) is 2.56. The van der Waals surface area contributed by atoms with Gasteiger partial charge >= 0.3 is 0 Å². The number of nitrogens with one attached hydrogen (secondary N) is 1. The maximum Gasteiger partial charge on any atom is 0.253 e. The van der Waals surface area contributed by atoms with E-state index in [4.69, 9.17) is 0 Å². The number of amidine groups is 1. The number of nitrogens with zero attached hydrogens (tertiary/aromatic N) is 2. The summed E-state index contributed by atoms with van der Waals surface area (Å²) in [6.45, 7) is 3.83. The Morgan fingerprint density at radius 1 is 1.30 bits per heavy atom. The summed E-state index contributed by atoms with van der Waals surface area (Å²) in [5.74, 6) is 0.299. The van der Waals surface area contributed by atoms with Gasteiger partial charge in [0.1, 0.15) is 5.84 Å². The van der Waals surface area contributed by atoms with Gasteiger partial charge in [0, 0.05) is 12.4 Å². The van der Waals surface area contributed by atoms with Gasteiger partial charge in [-0.2, -0.15) is 0 Å². The Morgan fingerprint density at radius 3 is 2.78 bits per heavy atom. The summed E-state index contributed by atoms with van der Waals surface area (Å²) >= 11 is 0. The van der Waals surface area contributed by atoms with Gasteiger partial charge in [-0.3, -0.25) is 4.79 Å². The van der Waals surface area contributed by atoms with E-state index in [1.807, 2.05) is 56.3 Å². The topological polar surface area (TPSA) is 64.9 Å². The van der Waals surface area contributed by atoms with Crippen LogP contribution in [0.5, 0.6) is 0 Å². The molecule has 0 aliphatic carbocycles. The lowest BCUT2D eigenvalue weighted by atomic mass is 10.1. The maximum atomic E-state index is 12.5. The average molecular weight is 309 g/mol. The van der Waals surface area contributed by atoms with Crippen LogP contribution in [0, 0.1) is 0 Å². The molecule has 0 spiro atoms. The minimum absolute atomic E-state index is 0.152. The van der Waals surface area contributed by atoms with Gasteiger partial charge in [0.15, 0.2) is 6.23 Å². The molecule has 0 saturated heterocycles. The molecule has 0 radical (unpaired) electrons. The Hall–Kier alpha value is -2.66. The standard InChI is InChI=1S/C18H19N3O2/c1-12-8-9-16-19-10-15(18(23)21(16)11-12)17(22)20-13(2)14-6-4-3-5-7-14/h3-11,13,18,23H,1-2H3,(H,20,22). The molecule has 5 nitrogen and oxygen atoms in total. The second-order valence-corrected chi connectivity index (χ2v) is 5.66. The number of aliphatic hydroxyl groups is 1. The highest BCUT2D eigenvalue weighted by molar-refractivity contribution is 6.01. The Labute approximate surface area is 135 Å². The van der Waals surface area contributed by atoms with Crippen molar-refractivity contribution in [2.24, 2.45) is 4.99 Å². The fraction of sp³-hybridized carbons (Fsp3) is 0.222. The van der Waals surface area contributed by atoms with E-state index in [1.54, 1.807) is 11.1 Å². The number of aliphatic imine (C=N–C) groups is 1. The summed E-state index contributed by atoms with van der Waals surface area (Å²) in [5.41, 5.74) is 2.23. The zero-order valence-electron chi connectivity index (χ0n) is 13.1. The van der Waals surface area contributed by atoms with Gasteiger partial charge in [-0.15, -0.1) is 0 Å². The van der Waals surface area contributed by atoms with Gasteiger partial charge in [0.05, 0.1) is 11.6 Å². The number of aliphatic hydroxyl groups excluding tert-OH is 1. The van der Waals surface area contributed by atoms with E-state index >= 15 is 0 Å². The normalized spacial score (nSPS) is 20.9. The number of fused-ring (bicyclic) bond motifs is 1. The molecule has 1 aromatic carbocycles. The number of carbonyl (C=O) groups excluding carboxylic acids is 1. The van der Waals surface area contributed by atoms with Crippen LogP contribution in [0.2, 0.25) is 0 Å². The maximum absolute atomic E-state index is 12.5. The van der Waals surface area contributed by atoms with Crippen molar-refractivity contribution in [1.82, 2.24) is 10.2 Å². The fourth-order valence-electron chi connectivity index (χ4n) is 2.56. The van der Waals surface area contributed by atoms with Crippen molar-refractivity contribution in [2.75, 3.05) is 0 Å². The van der Waals surface area contributed by atoms with Crippen LogP contribution in [0.25, 0.3) is 0 Å². The summed E-state index contributed by atoms with van der Waals surface area (Å²) in [4.78, 5) is 18.3. The molecule has 3 rings (SSSR count). The molecule has 0 fully saturated rings. The molecule has 2 N–H and O–H groups in total. The first kappa shape index (κ1) is 15.2. The van der Waals surface area contributed by atoms with E-state index in [1.165, 1.54) is 6.20 Å². The molecule has 0 saturated carbocycles. The third kappa shape index (κ3) is 3.10. The number of hydrogen-bond donors (Lipinski definition) is 2.